The SMILES string of the molecule is CC(C)(C)C(=O)NC(c1cnc2ccccc2c1)C1CC(O)C1. The fourth-order valence-electron chi connectivity index (χ4n) is 2.99. The van der Waals surface area contributed by atoms with Crippen LogP contribution in [-0.4, -0.2) is 22.1 Å². The molecule has 1 aliphatic rings. The van der Waals surface area contributed by atoms with Crippen molar-refractivity contribution in [3.8, 4) is 0 Å². The Labute approximate surface area is 136 Å². The molecule has 0 radical (unpaired) electrons. The smallest absolute Gasteiger partial charge is 0.225 e. The molecule has 0 spiro atoms. The highest BCUT2D eigenvalue weighted by Crippen LogP contribution is 2.39. The van der Waals surface area contributed by atoms with Crippen molar-refractivity contribution in [2.45, 2.75) is 45.8 Å². The predicted molar refractivity (Wildman–Crippen MR) is 90.8 cm³/mol. The summed E-state index contributed by atoms with van der Waals surface area (Å²) in [7, 11) is 0. The van der Waals surface area contributed by atoms with Gasteiger partial charge < -0.3 is 10.4 Å². The van der Waals surface area contributed by atoms with E-state index in [0.717, 1.165) is 29.3 Å². The summed E-state index contributed by atoms with van der Waals surface area (Å²) in [5.41, 5.74) is 1.52. The van der Waals surface area contributed by atoms with Gasteiger partial charge in [0.05, 0.1) is 17.7 Å². The molecule has 0 bridgehead atoms. The number of aliphatic hydroxyl groups is 1. The zero-order valence-corrected chi connectivity index (χ0v) is 13.9. The minimum absolute atomic E-state index is 0.0250. The van der Waals surface area contributed by atoms with E-state index in [0.29, 0.717) is 0 Å². The average Bonchev–Trinajstić information content (AvgIpc) is 2.48. The van der Waals surface area contributed by atoms with E-state index in [2.05, 4.69) is 16.4 Å². The fourth-order valence-corrected chi connectivity index (χ4v) is 2.99. The van der Waals surface area contributed by atoms with Gasteiger partial charge in [0.1, 0.15) is 0 Å². The van der Waals surface area contributed by atoms with Gasteiger partial charge >= 0.3 is 0 Å². The Hall–Kier alpha value is -1.94. The molecule has 4 nitrogen and oxygen atoms in total. The average molecular weight is 312 g/mol. The molecule has 1 amide bonds. The second-order valence-electron chi connectivity index (χ2n) is 7.55. The van der Waals surface area contributed by atoms with E-state index in [4.69, 9.17) is 0 Å². The van der Waals surface area contributed by atoms with Crippen LogP contribution in [0.15, 0.2) is 36.5 Å². The molecule has 1 saturated carbocycles. The van der Waals surface area contributed by atoms with Crippen LogP contribution in [0.1, 0.15) is 45.2 Å². The van der Waals surface area contributed by atoms with Crippen LogP contribution in [0.2, 0.25) is 0 Å². The molecule has 1 unspecified atom stereocenters. The number of hydrogen-bond acceptors (Lipinski definition) is 3. The van der Waals surface area contributed by atoms with Crippen LogP contribution >= 0.6 is 0 Å². The maximum Gasteiger partial charge on any atom is 0.225 e. The number of fused-ring (bicyclic) bond motifs is 1. The molecule has 1 atom stereocenters. The van der Waals surface area contributed by atoms with Gasteiger partial charge in [0.2, 0.25) is 5.91 Å². The number of hydrogen-bond donors (Lipinski definition) is 2. The summed E-state index contributed by atoms with van der Waals surface area (Å²) in [6.45, 7) is 5.73. The Morgan fingerprint density at radius 1 is 1.30 bits per heavy atom. The summed E-state index contributed by atoms with van der Waals surface area (Å²) < 4.78 is 0. The summed E-state index contributed by atoms with van der Waals surface area (Å²) in [6, 6.07) is 9.97. The van der Waals surface area contributed by atoms with Crippen molar-refractivity contribution in [3.63, 3.8) is 0 Å². The molecule has 1 aromatic carbocycles. The van der Waals surface area contributed by atoms with Crippen molar-refractivity contribution in [3.05, 3.63) is 42.1 Å². The third kappa shape index (κ3) is 3.37. The number of carbonyl (C=O) groups excluding carboxylic acids is 1. The molecule has 0 aliphatic heterocycles. The first-order valence-corrected chi connectivity index (χ1v) is 8.18. The van der Waals surface area contributed by atoms with Crippen molar-refractivity contribution < 1.29 is 9.90 Å². The number of nitrogens with one attached hydrogen (secondary N) is 1. The van der Waals surface area contributed by atoms with Crippen molar-refractivity contribution in [1.82, 2.24) is 10.3 Å². The van der Waals surface area contributed by atoms with Crippen LogP contribution in [0.25, 0.3) is 10.9 Å². The van der Waals surface area contributed by atoms with Gasteiger partial charge in [-0.2, -0.15) is 0 Å². The normalized spacial score (nSPS) is 22.4. The zero-order valence-electron chi connectivity index (χ0n) is 13.9. The summed E-state index contributed by atoms with van der Waals surface area (Å²) in [5, 5.41) is 13.9. The molecule has 4 heteroatoms. The number of pyridine rings is 1. The van der Waals surface area contributed by atoms with Gasteiger partial charge in [0, 0.05) is 17.0 Å². The van der Waals surface area contributed by atoms with Gasteiger partial charge in [-0.25, -0.2) is 0 Å². The summed E-state index contributed by atoms with van der Waals surface area (Å²) in [4.78, 5) is 17.0. The molecule has 23 heavy (non-hydrogen) atoms. The minimum Gasteiger partial charge on any atom is -0.393 e. The number of aliphatic hydroxyl groups excluding tert-OH is 1. The topological polar surface area (TPSA) is 62.2 Å². The van der Waals surface area contributed by atoms with Crippen LogP contribution in [0, 0.1) is 11.3 Å². The molecule has 1 aromatic heterocycles. The molecular weight excluding hydrogens is 288 g/mol. The van der Waals surface area contributed by atoms with Crippen LogP contribution in [0.4, 0.5) is 0 Å². The lowest BCUT2D eigenvalue weighted by Gasteiger charge is -2.39. The van der Waals surface area contributed by atoms with Crippen LogP contribution in [0.3, 0.4) is 0 Å². The second-order valence-corrected chi connectivity index (χ2v) is 7.55. The summed E-state index contributed by atoms with van der Waals surface area (Å²) >= 11 is 0. The van der Waals surface area contributed by atoms with Gasteiger partial charge in [-0.15, -0.1) is 0 Å². The first kappa shape index (κ1) is 15.9. The van der Waals surface area contributed by atoms with Crippen LogP contribution < -0.4 is 5.32 Å². The van der Waals surface area contributed by atoms with E-state index in [1.165, 1.54) is 0 Å². The maximum absolute atomic E-state index is 12.4. The molecular formula is C19H24N2O2. The third-order valence-electron chi connectivity index (χ3n) is 4.56. The van der Waals surface area contributed by atoms with E-state index in [-0.39, 0.29) is 24.0 Å². The molecule has 1 heterocycles. The van der Waals surface area contributed by atoms with Crippen molar-refractivity contribution >= 4 is 16.8 Å². The van der Waals surface area contributed by atoms with Crippen LogP contribution in [0.5, 0.6) is 0 Å². The van der Waals surface area contributed by atoms with Gasteiger partial charge in [0.25, 0.3) is 0 Å². The predicted octanol–water partition coefficient (Wildman–Crippen LogP) is 3.21. The first-order valence-electron chi connectivity index (χ1n) is 8.18. The number of nitrogens with zero attached hydrogens (tertiary/aromatic N) is 1. The number of amides is 1. The molecule has 2 N–H and O–H groups in total. The molecule has 122 valence electrons. The van der Waals surface area contributed by atoms with E-state index in [9.17, 15) is 9.90 Å². The van der Waals surface area contributed by atoms with Crippen molar-refractivity contribution in [2.75, 3.05) is 0 Å². The van der Waals surface area contributed by atoms with Gasteiger partial charge in [0.15, 0.2) is 0 Å². The lowest BCUT2D eigenvalue weighted by Crippen LogP contribution is -2.44. The Bertz CT molecular complexity index is 715. The number of para-hydroxylation sites is 1. The van der Waals surface area contributed by atoms with Crippen molar-refractivity contribution in [2.24, 2.45) is 11.3 Å². The molecule has 1 fully saturated rings. The Balaban J connectivity index is 1.91. The quantitative estimate of drug-likeness (QED) is 0.915. The second kappa shape index (κ2) is 5.93. The van der Waals surface area contributed by atoms with Gasteiger partial charge in [-0.3, -0.25) is 9.78 Å². The molecule has 1 aliphatic carbocycles. The zero-order chi connectivity index (χ0) is 16.6. The van der Waals surface area contributed by atoms with E-state index in [1.54, 1.807) is 0 Å². The Kier molecular flexibility index (Phi) is 4.11. The van der Waals surface area contributed by atoms with E-state index in [1.807, 2.05) is 51.2 Å². The van der Waals surface area contributed by atoms with E-state index >= 15 is 0 Å². The first-order chi connectivity index (χ1) is 10.8. The standard InChI is InChI=1S/C19H24N2O2/c1-19(2,3)18(23)21-17(13-9-15(22)10-13)14-8-12-6-4-5-7-16(12)20-11-14/h4-8,11,13,15,17,22H,9-10H2,1-3H3,(H,21,23). The van der Waals surface area contributed by atoms with Gasteiger partial charge in [-0.1, -0.05) is 39.0 Å². The lowest BCUT2D eigenvalue weighted by atomic mass is 9.75. The van der Waals surface area contributed by atoms with Gasteiger partial charge in [-0.05, 0) is 36.5 Å². The third-order valence-corrected chi connectivity index (χ3v) is 4.56. The molecule has 2 aromatic rings. The number of benzene rings is 1. The fraction of sp³-hybridized carbons (Fsp3) is 0.474. The number of rotatable bonds is 3. The summed E-state index contributed by atoms with van der Waals surface area (Å²) in [6.07, 6.45) is 3.05. The van der Waals surface area contributed by atoms with Crippen LogP contribution in [-0.2, 0) is 4.79 Å². The summed E-state index contributed by atoms with van der Waals surface area (Å²) in [5.74, 6) is 0.288. The number of carbonyl (C=O) groups is 1. The maximum atomic E-state index is 12.4. The Morgan fingerprint density at radius 3 is 2.65 bits per heavy atom. The Morgan fingerprint density at radius 2 is 2.00 bits per heavy atom. The monoisotopic (exact) mass is 312 g/mol. The highest BCUT2D eigenvalue weighted by atomic mass is 16.3. The van der Waals surface area contributed by atoms with Crippen molar-refractivity contribution in [1.29, 1.82) is 0 Å². The van der Waals surface area contributed by atoms with E-state index < -0.39 is 5.41 Å². The highest BCUT2D eigenvalue weighted by Gasteiger charge is 2.37. The molecule has 3 rings (SSSR count). The lowest BCUT2D eigenvalue weighted by molar-refractivity contribution is -0.130. The minimum atomic E-state index is -0.440. The molecule has 0 saturated heterocycles. The number of aromatic nitrogens is 1. The highest BCUT2D eigenvalue weighted by molar-refractivity contribution is 5.82. The largest absolute Gasteiger partial charge is 0.393 e.